The van der Waals surface area contributed by atoms with Gasteiger partial charge in [-0.2, -0.15) is 0 Å². The van der Waals surface area contributed by atoms with Crippen LogP contribution in [-0.2, 0) is 0 Å². The van der Waals surface area contributed by atoms with Gasteiger partial charge in [0.15, 0.2) is 0 Å². The molecule has 2 heteroatoms. The minimum Gasteiger partial charge on any atom is -0.0677 e. The zero-order valence-electron chi connectivity index (χ0n) is 17.4. The monoisotopic (exact) mass is 403 g/mol. The Bertz CT molecular complexity index is 868. The second-order valence-electron chi connectivity index (χ2n) is 8.20. The summed E-state index contributed by atoms with van der Waals surface area (Å²) >= 11 is 0. The summed E-state index contributed by atoms with van der Waals surface area (Å²) in [7, 11) is -2.96. The highest BCUT2D eigenvalue weighted by molar-refractivity contribution is 7.96. The van der Waals surface area contributed by atoms with Crippen molar-refractivity contribution in [2.75, 3.05) is 6.16 Å². The topological polar surface area (TPSA) is 0 Å². The molecule has 3 aromatic carbocycles. The van der Waals surface area contributed by atoms with Crippen LogP contribution in [0.3, 0.4) is 0 Å². The lowest BCUT2D eigenvalue weighted by molar-refractivity contribution is 0.970. The molecule has 0 N–H and O–H groups in total. The second kappa shape index (κ2) is 7.97. The van der Waals surface area contributed by atoms with E-state index in [0.717, 1.165) is 5.54 Å². The van der Waals surface area contributed by atoms with E-state index in [4.69, 9.17) is 0 Å². The summed E-state index contributed by atoms with van der Waals surface area (Å²) in [6, 6.07) is 36.5. The lowest BCUT2D eigenvalue weighted by Gasteiger charge is -2.35. The van der Waals surface area contributed by atoms with Crippen molar-refractivity contribution in [1.29, 1.82) is 0 Å². The summed E-state index contributed by atoms with van der Waals surface area (Å²) in [5.41, 5.74) is 2.46. The summed E-state index contributed by atoms with van der Waals surface area (Å²) in [5.74, 6) is 0. The highest BCUT2D eigenvalue weighted by atomic mass is 31.2. The van der Waals surface area contributed by atoms with Crippen molar-refractivity contribution in [1.82, 2.24) is 0 Å². The molecule has 1 aliphatic heterocycles. The Morgan fingerprint density at radius 3 is 1.64 bits per heavy atom. The van der Waals surface area contributed by atoms with E-state index < -0.39 is 15.3 Å². The molecule has 1 heterocycles. The highest BCUT2D eigenvalue weighted by Gasteiger charge is 2.58. The van der Waals surface area contributed by atoms with Crippen molar-refractivity contribution in [3.8, 4) is 0 Å². The Morgan fingerprint density at radius 2 is 1.14 bits per heavy atom. The van der Waals surface area contributed by atoms with Crippen LogP contribution in [0.2, 0.25) is 18.1 Å². The van der Waals surface area contributed by atoms with Crippen LogP contribution >= 0.6 is 7.26 Å². The number of fused-ring (bicyclic) bond motifs is 1. The fraction of sp³-hybridized carbons (Fsp3) is 0.308. The maximum atomic E-state index is 2.47. The van der Waals surface area contributed by atoms with E-state index in [2.05, 4.69) is 106 Å². The quantitative estimate of drug-likeness (QED) is 0.343. The molecule has 4 rings (SSSR count). The van der Waals surface area contributed by atoms with Crippen LogP contribution in [0.5, 0.6) is 0 Å². The third kappa shape index (κ3) is 2.91. The Hall–Kier alpha value is -1.69. The van der Waals surface area contributed by atoms with Gasteiger partial charge in [0.25, 0.3) is 0 Å². The van der Waals surface area contributed by atoms with Gasteiger partial charge in [-0.1, -0.05) is 93.5 Å². The zero-order valence-corrected chi connectivity index (χ0v) is 19.3. The molecule has 1 aliphatic rings. The van der Waals surface area contributed by atoms with Gasteiger partial charge < -0.3 is 0 Å². The molecule has 1 atom stereocenters. The van der Waals surface area contributed by atoms with Crippen LogP contribution in [-0.4, -0.2) is 14.2 Å². The van der Waals surface area contributed by atoms with Gasteiger partial charge in [0.1, 0.15) is 23.2 Å². The van der Waals surface area contributed by atoms with Crippen LogP contribution in [0.25, 0.3) is 0 Å². The molecule has 0 fully saturated rings. The second-order valence-corrected chi connectivity index (χ2v) is 17.2. The normalized spacial score (nSPS) is 18.0. The molecular formula is C26H32PSi+. The molecule has 0 spiro atoms. The standard InChI is InChI=1S/C26H32PSi/c1-4-28(5-2,6-3)26-21-27(22-15-9-7-10-16-22,23-17-11-8-12-18-23)25-20-14-13-19-24(25)26/h7-20,26H,4-6,21H2,1-3H3/q+1. The molecule has 0 radical (unpaired) electrons. The van der Waals surface area contributed by atoms with Gasteiger partial charge in [-0.05, 0) is 35.9 Å². The van der Waals surface area contributed by atoms with Gasteiger partial charge in [0, 0.05) is 5.54 Å². The van der Waals surface area contributed by atoms with E-state index in [1.54, 1.807) is 21.5 Å². The first kappa shape index (κ1) is 19.6. The molecule has 0 aliphatic carbocycles. The van der Waals surface area contributed by atoms with Gasteiger partial charge in [0.2, 0.25) is 0 Å². The number of rotatable bonds is 6. The Kier molecular flexibility index (Phi) is 5.59. The summed E-state index contributed by atoms with van der Waals surface area (Å²) < 4.78 is 0. The van der Waals surface area contributed by atoms with E-state index >= 15 is 0 Å². The van der Waals surface area contributed by atoms with Crippen LogP contribution in [0, 0.1) is 0 Å². The Labute approximate surface area is 172 Å². The molecule has 28 heavy (non-hydrogen) atoms. The number of hydrogen-bond acceptors (Lipinski definition) is 0. The van der Waals surface area contributed by atoms with E-state index in [0.29, 0.717) is 0 Å². The van der Waals surface area contributed by atoms with Crippen molar-refractivity contribution >= 4 is 31.2 Å². The molecule has 0 aromatic heterocycles. The molecular weight excluding hydrogens is 371 g/mol. The van der Waals surface area contributed by atoms with Crippen LogP contribution in [0.15, 0.2) is 84.9 Å². The minimum atomic E-state index is -1.60. The van der Waals surface area contributed by atoms with Crippen LogP contribution < -0.4 is 15.9 Å². The van der Waals surface area contributed by atoms with Crippen LogP contribution in [0.1, 0.15) is 31.9 Å². The molecule has 0 nitrogen and oxygen atoms in total. The smallest absolute Gasteiger partial charge is 0.0677 e. The molecule has 0 amide bonds. The fourth-order valence-corrected chi connectivity index (χ4v) is 16.6. The number of benzene rings is 3. The van der Waals surface area contributed by atoms with Gasteiger partial charge >= 0.3 is 0 Å². The SMILES string of the molecule is CC[Si](CC)(CC)C1C[P+](c2ccccc2)(c2ccccc2)c2ccccc21. The van der Waals surface area contributed by atoms with Gasteiger partial charge in [-0.3, -0.25) is 0 Å². The molecule has 1 unspecified atom stereocenters. The summed E-state index contributed by atoms with van der Waals surface area (Å²) in [6.07, 6.45) is 1.34. The largest absolute Gasteiger partial charge is 0.112 e. The first-order valence-corrected chi connectivity index (χ1v) is 15.5. The number of hydrogen-bond donors (Lipinski definition) is 0. The predicted molar refractivity (Wildman–Crippen MR) is 130 cm³/mol. The fourth-order valence-electron chi connectivity index (χ4n) is 5.62. The lowest BCUT2D eigenvalue weighted by atomic mass is 10.2. The third-order valence-electron chi connectivity index (χ3n) is 7.43. The Balaban J connectivity index is 2.01. The summed E-state index contributed by atoms with van der Waals surface area (Å²) in [4.78, 5) is 0. The highest BCUT2D eigenvalue weighted by Crippen LogP contribution is 2.65. The van der Waals surface area contributed by atoms with Gasteiger partial charge in [-0.25, -0.2) is 0 Å². The van der Waals surface area contributed by atoms with E-state index in [-0.39, 0.29) is 0 Å². The summed E-state index contributed by atoms with van der Waals surface area (Å²) in [5, 5.41) is 4.77. The molecule has 0 saturated carbocycles. The van der Waals surface area contributed by atoms with Gasteiger partial charge in [-0.15, -0.1) is 0 Å². The van der Waals surface area contributed by atoms with Crippen molar-refractivity contribution < 1.29 is 0 Å². The molecule has 0 bridgehead atoms. The van der Waals surface area contributed by atoms with Crippen LogP contribution in [0.4, 0.5) is 0 Å². The average Bonchev–Trinajstić information content (AvgIpc) is 3.14. The Morgan fingerprint density at radius 1 is 0.679 bits per heavy atom. The first-order chi connectivity index (χ1) is 13.7. The predicted octanol–water partition coefficient (Wildman–Crippen LogP) is 6.13. The lowest BCUT2D eigenvalue weighted by Crippen LogP contribution is -2.41. The van der Waals surface area contributed by atoms with E-state index in [1.165, 1.54) is 24.3 Å². The third-order valence-corrected chi connectivity index (χ3v) is 18.5. The molecule has 0 saturated heterocycles. The zero-order chi connectivity index (χ0) is 19.6. The molecule has 3 aromatic rings. The first-order valence-electron chi connectivity index (χ1n) is 10.8. The van der Waals surface area contributed by atoms with Crippen molar-refractivity contribution in [3.63, 3.8) is 0 Å². The van der Waals surface area contributed by atoms with E-state index in [9.17, 15) is 0 Å². The molecule has 144 valence electrons. The summed E-state index contributed by atoms with van der Waals surface area (Å²) in [6.45, 7) is 7.39. The van der Waals surface area contributed by atoms with Crippen molar-refractivity contribution in [3.05, 3.63) is 90.5 Å². The van der Waals surface area contributed by atoms with E-state index in [1.807, 2.05) is 0 Å². The minimum absolute atomic E-state index is 0.775. The van der Waals surface area contributed by atoms with Crippen molar-refractivity contribution in [2.24, 2.45) is 0 Å². The van der Waals surface area contributed by atoms with Crippen molar-refractivity contribution in [2.45, 2.75) is 44.4 Å². The van der Waals surface area contributed by atoms with Gasteiger partial charge in [0.05, 0.1) is 14.2 Å². The average molecular weight is 404 g/mol. The maximum Gasteiger partial charge on any atom is 0.112 e. The maximum absolute atomic E-state index is 2.47.